The van der Waals surface area contributed by atoms with E-state index in [9.17, 15) is 18.0 Å². The van der Waals surface area contributed by atoms with Crippen LogP contribution in [0.25, 0.3) is 0 Å². The molecule has 0 radical (unpaired) electrons. The second-order valence-electron chi connectivity index (χ2n) is 3.63. The van der Waals surface area contributed by atoms with E-state index in [0.29, 0.717) is 12.6 Å². The van der Waals surface area contributed by atoms with Gasteiger partial charge in [-0.1, -0.05) is 0 Å². The Morgan fingerprint density at radius 3 is 2.17 bits per heavy atom. The fraction of sp³-hybridized carbons (Fsp3) is 0.778. The average Bonchev–Trinajstić information content (AvgIpc) is 2.68. The van der Waals surface area contributed by atoms with Crippen molar-refractivity contribution in [1.82, 2.24) is 4.90 Å². The Balaban J connectivity index is 0.000000360. The Hall–Kier alpha value is -1.35. The molecule has 6 nitrogen and oxygen atoms in total. The Labute approximate surface area is 101 Å². The van der Waals surface area contributed by atoms with Crippen molar-refractivity contribution in [1.29, 1.82) is 0 Å². The van der Waals surface area contributed by atoms with E-state index in [4.69, 9.17) is 19.7 Å². The van der Waals surface area contributed by atoms with E-state index in [2.05, 4.69) is 0 Å². The maximum Gasteiger partial charge on any atom is 0.490 e. The van der Waals surface area contributed by atoms with Gasteiger partial charge in [0.25, 0.3) is 0 Å². The van der Waals surface area contributed by atoms with E-state index < -0.39 is 18.1 Å². The van der Waals surface area contributed by atoms with Crippen molar-refractivity contribution >= 4 is 11.9 Å². The molecule has 0 aliphatic carbocycles. The maximum absolute atomic E-state index is 10.6. The summed E-state index contributed by atoms with van der Waals surface area (Å²) in [5.41, 5.74) is 0. The van der Waals surface area contributed by atoms with Crippen molar-refractivity contribution < 1.29 is 37.7 Å². The molecule has 1 atom stereocenters. The minimum atomic E-state index is -5.08. The number of ether oxygens (including phenoxy) is 1. The summed E-state index contributed by atoms with van der Waals surface area (Å²) in [5, 5.41) is 15.6. The summed E-state index contributed by atoms with van der Waals surface area (Å²) in [6, 6.07) is 0.297. The van der Waals surface area contributed by atoms with Gasteiger partial charge in [-0.05, 0) is 13.5 Å². The van der Waals surface area contributed by atoms with Crippen molar-refractivity contribution in [2.24, 2.45) is 0 Å². The van der Waals surface area contributed by atoms with E-state index in [1.807, 2.05) is 11.9 Å². The number of likely N-dealkylation sites (N-methyl/N-ethyl adjacent to an activating group) is 1. The molecule has 1 unspecified atom stereocenters. The zero-order valence-electron chi connectivity index (χ0n) is 9.61. The molecule has 0 saturated carbocycles. The number of hydrogen-bond donors (Lipinski definition) is 2. The lowest BCUT2D eigenvalue weighted by Crippen LogP contribution is -2.35. The molecule has 2 N–H and O–H groups in total. The zero-order chi connectivity index (χ0) is 14.3. The van der Waals surface area contributed by atoms with Crippen LogP contribution in [0.2, 0.25) is 0 Å². The topological polar surface area (TPSA) is 87.1 Å². The minimum Gasteiger partial charge on any atom is -0.480 e. The van der Waals surface area contributed by atoms with Gasteiger partial charge in [-0.15, -0.1) is 0 Å². The molecule has 106 valence electrons. The number of halogens is 3. The molecule has 1 saturated heterocycles. The van der Waals surface area contributed by atoms with E-state index in [1.165, 1.54) is 0 Å². The summed E-state index contributed by atoms with van der Waals surface area (Å²) in [5.74, 6) is -3.54. The third-order valence-corrected chi connectivity index (χ3v) is 2.16. The van der Waals surface area contributed by atoms with Crippen molar-refractivity contribution in [3.05, 3.63) is 0 Å². The number of carboxylic acid groups (broad SMARTS) is 2. The number of nitrogens with zero attached hydrogens (tertiary/aromatic N) is 1. The predicted molar refractivity (Wildman–Crippen MR) is 53.2 cm³/mol. The number of aliphatic carboxylic acids is 2. The van der Waals surface area contributed by atoms with E-state index >= 15 is 0 Å². The molecule has 0 aromatic heterocycles. The second-order valence-corrected chi connectivity index (χ2v) is 3.63. The Bertz CT molecular complexity index is 288. The van der Waals surface area contributed by atoms with Crippen LogP contribution in [0.15, 0.2) is 0 Å². The third-order valence-electron chi connectivity index (χ3n) is 2.16. The molecule has 9 heteroatoms. The predicted octanol–water partition coefficient (Wildman–Crippen LogP) is 0.425. The van der Waals surface area contributed by atoms with Crippen molar-refractivity contribution in [3.63, 3.8) is 0 Å². The highest BCUT2D eigenvalue weighted by atomic mass is 19.4. The standard InChI is InChI=1S/C7H13NO3.C2HF3O2/c1-8(4-7(9)10)6-2-3-11-5-6;3-2(4,5)1(6)7/h6H,2-5H2,1H3,(H,9,10);(H,6,7). The quantitative estimate of drug-likeness (QED) is 0.775. The average molecular weight is 273 g/mol. The van der Waals surface area contributed by atoms with Crippen LogP contribution in [-0.2, 0) is 14.3 Å². The molecule has 1 aliphatic rings. The summed E-state index contributed by atoms with van der Waals surface area (Å²) in [6.07, 6.45) is -4.14. The van der Waals surface area contributed by atoms with Crippen molar-refractivity contribution in [3.8, 4) is 0 Å². The van der Waals surface area contributed by atoms with Crippen LogP contribution < -0.4 is 0 Å². The van der Waals surface area contributed by atoms with Gasteiger partial charge in [-0.2, -0.15) is 13.2 Å². The molecule has 1 heterocycles. The molecule has 1 fully saturated rings. The van der Waals surface area contributed by atoms with Crippen molar-refractivity contribution in [2.75, 3.05) is 26.8 Å². The molecule has 0 amide bonds. The number of hydrogen-bond acceptors (Lipinski definition) is 4. The van der Waals surface area contributed by atoms with Gasteiger partial charge in [0.1, 0.15) is 0 Å². The molecule has 0 aromatic rings. The van der Waals surface area contributed by atoms with Gasteiger partial charge in [0.15, 0.2) is 0 Å². The molecule has 1 rings (SSSR count). The molecule has 0 bridgehead atoms. The summed E-state index contributed by atoms with van der Waals surface area (Å²) in [6.45, 7) is 1.53. The smallest absolute Gasteiger partial charge is 0.480 e. The lowest BCUT2D eigenvalue weighted by atomic mass is 10.2. The highest BCUT2D eigenvalue weighted by molar-refractivity contribution is 5.73. The SMILES string of the molecule is CN(CC(=O)O)C1CCOC1.O=C(O)C(F)(F)F. The number of carbonyl (C=O) groups is 2. The van der Waals surface area contributed by atoms with Gasteiger partial charge in [-0.25, -0.2) is 4.79 Å². The zero-order valence-corrected chi connectivity index (χ0v) is 9.61. The van der Waals surface area contributed by atoms with E-state index in [0.717, 1.165) is 13.0 Å². The first-order chi connectivity index (χ1) is 8.14. The van der Waals surface area contributed by atoms with E-state index in [1.54, 1.807) is 0 Å². The molecular formula is C9H14F3NO5. The summed E-state index contributed by atoms with van der Waals surface area (Å²) in [4.78, 5) is 21.0. The van der Waals surface area contributed by atoms with Gasteiger partial charge in [-0.3, -0.25) is 9.69 Å². The minimum absolute atomic E-state index is 0.105. The van der Waals surface area contributed by atoms with Gasteiger partial charge < -0.3 is 14.9 Å². The molecule has 0 aromatic carbocycles. The highest BCUT2D eigenvalue weighted by Gasteiger charge is 2.38. The number of alkyl halides is 3. The van der Waals surface area contributed by atoms with E-state index in [-0.39, 0.29) is 6.54 Å². The summed E-state index contributed by atoms with van der Waals surface area (Å²) in [7, 11) is 1.81. The largest absolute Gasteiger partial charge is 0.490 e. The Kier molecular flexibility index (Phi) is 6.63. The van der Waals surface area contributed by atoms with Crippen LogP contribution >= 0.6 is 0 Å². The summed E-state index contributed by atoms with van der Waals surface area (Å²) < 4.78 is 36.9. The van der Waals surface area contributed by atoms with Gasteiger partial charge in [0.2, 0.25) is 0 Å². The maximum atomic E-state index is 10.6. The van der Waals surface area contributed by atoms with Crippen LogP contribution in [-0.4, -0.2) is 66.1 Å². The Morgan fingerprint density at radius 1 is 1.39 bits per heavy atom. The normalized spacial score (nSPS) is 19.3. The number of carboxylic acids is 2. The third kappa shape index (κ3) is 7.07. The first-order valence-electron chi connectivity index (χ1n) is 4.94. The monoisotopic (exact) mass is 273 g/mol. The molecule has 0 spiro atoms. The Morgan fingerprint density at radius 2 is 1.89 bits per heavy atom. The van der Waals surface area contributed by atoms with Gasteiger partial charge in [0, 0.05) is 12.6 Å². The summed E-state index contributed by atoms with van der Waals surface area (Å²) >= 11 is 0. The highest BCUT2D eigenvalue weighted by Crippen LogP contribution is 2.13. The van der Waals surface area contributed by atoms with Crippen LogP contribution in [0.1, 0.15) is 6.42 Å². The molecular weight excluding hydrogens is 259 g/mol. The first kappa shape index (κ1) is 16.6. The van der Waals surface area contributed by atoms with Gasteiger partial charge in [0.05, 0.1) is 13.2 Å². The first-order valence-corrected chi connectivity index (χ1v) is 4.94. The number of rotatable bonds is 3. The fourth-order valence-corrected chi connectivity index (χ4v) is 1.21. The fourth-order valence-electron chi connectivity index (χ4n) is 1.21. The lowest BCUT2D eigenvalue weighted by Gasteiger charge is -2.19. The van der Waals surface area contributed by atoms with Crippen LogP contribution in [0.3, 0.4) is 0 Å². The lowest BCUT2D eigenvalue weighted by molar-refractivity contribution is -0.192. The van der Waals surface area contributed by atoms with Crippen LogP contribution in [0.5, 0.6) is 0 Å². The van der Waals surface area contributed by atoms with Crippen LogP contribution in [0, 0.1) is 0 Å². The van der Waals surface area contributed by atoms with Gasteiger partial charge >= 0.3 is 18.1 Å². The van der Waals surface area contributed by atoms with Crippen LogP contribution in [0.4, 0.5) is 13.2 Å². The van der Waals surface area contributed by atoms with Crippen molar-refractivity contribution in [2.45, 2.75) is 18.6 Å². The second kappa shape index (κ2) is 7.17. The molecule has 18 heavy (non-hydrogen) atoms. The molecule has 1 aliphatic heterocycles.